The van der Waals surface area contributed by atoms with Crippen LogP contribution < -0.4 is 0 Å². The molecule has 1 aromatic rings. The Hall–Kier alpha value is -1.07. The molecule has 1 rings (SSSR count). The fraction of sp³-hybridized carbons (Fsp3) is 0.538. The van der Waals surface area contributed by atoms with Crippen molar-refractivity contribution in [3.8, 4) is 0 Å². The van der Waals surface area contributed by atoms with Gasteiger partial charge in [-0.05, 0) is 17.4 Å². The van der Waals surface area contributed by atoms with Crippen molar-refractivity contribution in [2.75, 3.05) is 12.9 Å². The first-order valence-electron chi connectivity index (χ1n) is 6.09. The molecule has 19 heavy (non-hydrogen) atoms. The number of nitrogens with zero attached hydrogens (tertiary/aromatic N) is 1. The fourth-order valence-corrected chi connectivity index (χ4v) is 3.07. The second-order valence-electron chi connectivity index (χ2n) is 4.39. The van der Waals surface area contributed by atoms with Gasteiger partial charge in [0.25, 0.3) is 0 Å². The van der Waals surface area contributed by atoms with Crippen LogP contribution in [0.5, 0.6) is 0 Å². The Morgan fingerprint density at radius 3 is 2.63 bits per heavy atom. The Morgan fingerprint density at radius 1 is 1.53 bits per heavy atom. The summed E-state index contributed by atoms with van der Waals surface area (Å²) < 4.78 is 0. The van der Waals surface area contributed by atoms with E-state index in [4.69, 9.17) is 16.7 Å². The molecule has 6 heteroatoms. The summed E-state index contributed by atoms with van der Waals surface area (Å²) in [4.78, 5) is 25.1. The molecule has 0 saturated carbocycles. The smallest absolute Gasteiger partial charge is 0.407 e. The summed E-state index contributed by atoms with van der Waals surface area (Å²) in [6.45, 7) is 1.95. The van der Waals surface area contributed by atoms with Gasteiger partial charge in [-0.15, -0.1) is 22.9 Å². The van der Waals surface area contributed by atoms with E-state index in [9.17, 15) is 9.59 Å². The number of hydrogen-bond acceptors (Lipinski definition) is 3. The number of carbonyl (C=O) groups is 2. The van der Waals surface area contributed by atoms with Gasteiger partial charge in [0.2, 0.25) is 0 Å². The normalized spacial score (nSPS) is 13.8. The van der Waals surface area contributed by atoms with E-state index in [-0.39, 0.29) is 24.2 Å². The van der Waals surface area contributed by atoms with Crippen molar-refractivity contribution >= 4 is 34.8 Å². The van der Waals surface area contributed by atoms with Crippen LogP contribution in [-0.4, -0.2) is 40.9 Å². The Morgan fingerprint density at radius 2 is 2.21 bits per heavy atom. The van der Waals surface area contributed by atoms with E-state index in [0.29, 0.717) is 10.8 Å². The summed E-state index contributed by atoms with van der Waals surface area (Å²) in [5.74, 6) is 0.291. The SMILES string of the molecule is CCC(CCl)C(CC(=O)c1cccs1)N(C)C(=O)O. The number of carboxylic acid groups (broad SMARTS) is 1. The van der Waals surface area contributed by atoms with Crippen LogP contribution in [0.4, 0.5) is 4.79 Å². The number of Topliss-reactive ketones (excluding diaryl/α,β-unsaturated/α-hetero) is 1. The third kappa shape index (κ3) is 4.21. The van der Waals surface area contributed by atoms with Gasteiger partial charge in [-0.3, -0.25) is 4.79 Å². The van der Waals surface area contributed by atoms with E-state index in [1.807, 2.05) is 18.4 Å². The number of carbonyl (C=O) groups excluding carboxylic acids is 1. The lowest BCUT2D eigenvalue weighted by Gasteiger charge is -2.31. The number of rotatable bonds is 7. The van der Waals surface area contributed by atoms with Gasteiger partial charge in [-0.25, -0.2) is 4.79 Å². The summed E-state index contributed by atoms with van der Waals surface area (Å²) in [5.41, 5.74) is 0. The van der Waals surface area contributed by atoms with E-state index < -0.39 is 6.09 Å². The molecular formula is C13H18ClNO3S. The fourth-order valence-electron chi connectivity index (χ4n) is 1.97. The molecule has 106 valence electrons. The Bertz CT molecular complexity index is 418. The average molecular weight is 304 g/mol. The van der Waals surface area contributed by atoms with Crippen molar-refractivity contribution in [1.29, 1.82) is 0 Å². The predicted octanol–water partition coefficient (Wildman–Crippen LogP) is 3.56. The number of amides is 1. The predicted molar refractivity (Wildman–Crippen MR) is 77.3 cm³/mol. The maximum Gasteiger partial charge on any atom is 0.407 e. The van der Waals surface area contributed by atoms with Crippen molar-refractivity contribution in [3.05, 3.63) is 22.4 Å². The van der Waals surface area contributed by atoms with Crippen LogP contribution in [0.2, 0.25) is 0 Å². The molecule has 2 unspecified atom stereocenters. The standard InChI is InChI=1S/C13H18ClNO3S/c1-3-9(8-14)10(15(2)13(17)18)7-11(16)12-5-4-6-19-12/h4-6,9-10H,3,7-8H2,1-2H3,(H,17,18). The minimum Gasteiger partial charge on any atom is -0.465 e. The molecule has 0 aliphatic carbocycles. The molecule has 2 atom stereocenters. The topological polar surface area (TPSA) is 57.6 Å². The van der Waals surface area contributed by atoms with Gasteiger partial charge in [-0.1, -0.05) is 19.4 Å². The lowest BCUT2D eigenvalue weighted by atomic mass is 9.93. The van der Waals surface area contributed by atoms with Crippen molar-refractivity contribution in [1.82, 2.24) is 4.90 Å². The maximum atomic E-state index is 12.1. The summed E-state index contributed by atoms with van der Waals surface area (Å²) in [7, 11) is 1.49. The summed E-state index contributed by atoms with van der Waals surface area (Å²) >= 11 is 7.26. The number of hydrogen-bond donors (Lipinski definition) is 1. The van der Waals surface area contributed by atoms with Crippen LogP contribution in [0.1, 0.15) is 29.4 Å². The molecule has 0 aliphatic heterocycles. The van der Waals surface area contributed by atoms with Crippen LogP contribution in [0, 0.1) is 5.92 Å². The number of halogens is 1. The molecule has 4 nitrogen and oxygen atoms in total. The van der Waals surface area contributed by atoms with Gasteiger partial charge in [0.05, 0.1) is 4.88 Å². The lowest BCUT2D eigenvalue weighted by Crippen LogP contribution is -2.43. The van der Waals surface area contributed by atoms with Crippen LogP contribution in [0.25, 0.3) is 0 Å². The highest BCUT2D eigenvalue weighted by Gasteiger charge is 2.29. The van der Waals surface area contributed by atoms with Crippen LogP contribution >= 0.6 is 22.9 Å². The highest BCUT2D eigenvalue weighted by atomic mass is 35.5. The molecule has 0 fully saturated rings. The average Bonchev–Trinajstić information content (AvgIpc) is 2.91. The quantitative estimate of drug-likeness (QED) is 0.619. The lowest BCUT2D eigenvalue weighted by molar-refractivity contribution is 0.0880. The monoisotopic (exact) mass is 303 g/mol. The Kier molecular flexibility index (Phi) is 6.31. The van der Waals surface area contributed by atoms with Crippen molar-refractivity contribution in [2.45, 2.75) is 25.8 Å². The molecule has 1 N–H and O–H groups in total. The summed E-state index contributed by atoms with van der Waals surface area (Å²) in [6.07, 6.45) is -0.120. The van der Waals surface area contributed by atoms with Crippen molar-refractivity contribution < 1.29 is 14.7 Å². The van der Waals surface area contributed by atoms with Crippen LogP contribution in [0.3, 0.4) is 0 Å². The molecule has 0 radical (unpaired) electrons. The van der Waals surface area contributed by atoms with Gasteiger partial charge in [0.15, 0.2) is 5.78 Å². The van der Waals surface area contributed by atoms with Crippen molar-refractivity contribution in [2.24, 2.45) is 5.92 Å². The first kappa shape index (κ1) is 16.0. The minimum absolute atomic E-state index is 0.0216. The highest BCUT2D eigenvalue weighted by molar-refractivity contribution is 7.12. The minimum atomic E-state index is -1.03. The van der Waals surface area contributed by atoms with Crippen molar-refractivity contribution in [3.63, 3.8) is 0 Å². The largest absolute Gasteiger partial charge is 0.465 e. The molecular weight excluding hydrogens is 286 g/mol. The molecule has 0 saturated heterocycles. The van der Waals surface area contributed by atoms with Crippen LogP contribution in [-0.2, 0) is 0 Å². The Balaban J connectivity index is 2.85. The second-order valence-corrected chi connectivity index (χ2v) is 5.64. The summed E-state index contributed by atoms with van der Waals surface area (Å²) in [5, 5.41) is 10.9. The zero-order chi connectivity index (χ0) is 14.4. The van der Waals surface area contributed by atoms with E-state index in [2.05, 4.69) is 0 Å². The molecule has 0 bridgehead atoms. The third-order valence-corrected chi connectivity index (χ3v) is 4.56. The number of ketones is 1. The van der Waals surface area contributed by atoms with Gasteiger partial charge < -0.3 is 10.0 Å². The molecule has 0 aromatic carbocycles. The van der Waals surface area contributed by atoms with Gasteiger partial charge in [-0.2, -0.15) is 0 Å². The van der Waals surface area contributed by atoms with Gasteiger partial charge in [0.1, 0.15) is 0 Å². The highest BCUT2D eigenvalue weighted by Crippen LogP contribution is 2.22. The van der Waals surface area contributed by atoms with E-state index in [1.165, 1.54) is 23.3 Å². The third-order valence-electron chi connectivity index (χ3n) is 3.26. The molecule has 1 amide bonds. The Labute approximate surface area is 122 Å². The van der Waals surface area contributed by atoms with E-state index in [1.54, 1.807) is 6.07 Å². The van der Waals surface area contributed by atoms with E-state index in [0.717, 1.165) is 6.42 Å². The summed E-state index contributed by atoms with van der Waals surface area (Å²) in [6, 6.07) is 3.19. The second kappa shape index (κ2) is 7.50. The van der Waals surface area contributed by atoms with Gasteiger partial charge >= 0.3 is 6.09 Å². The molecule has 0 spiro atoms. The molecule has 1 heterocycles. The van der Waals surface area contributed by atoms with E-state index >= 15 is 0 Å². The number of alkyl halides is 1. The zero-order valence-corrected chi connectivity index (χ0v) is 12.6. The van der Waals surface area contributed by atoms with Crippen LogP contribution in [0.15, 0.2) is 17.5 Å². The first-order chi connectivity index (χ1) is 9.01. The zero-order valence-electron chi connectivity index (χ0n) is 11.0. The maximum absolute atomic E-state index is 12.1. The molecule has 0 aliphatic rings. The molecule has 1 aromatic heterocycles. The first-order valence-corrected chi connectivity index (χ1v) is 7.51. The van der Waals surface area contributed by atoms with Gasteiger partial charge in [0, 0.05) is 25.4 Å². The number of thiophene rings is 1.